The molecule has 0 spiro atoms. The molecular formula is C21H28N2OS. The number of thiophene rings is 1. The summed E-state index contributed by atoms with van der Waals surface area (Å²) in [7, 11) is 0. The zero-order valence-electron chi connectivity index (χ0n) is 15.0. The number of nitrogens with one attached hydrogen (secondary N) is 1. The van der Waals surface area contributed by atoms with Crippen LogP contribution in [0.15, 0.2) is 42.5 Å². The van der Waals surface area contributed by atoms with E-state index in [0.717, 1.165) is 37.0 Å². The lowest BCUT2D eigenvalue weighted by Crippen LogP contribution is -2.39. The summed E-state index contributed by atoms with van der Waals surface area (Å²) >= 11 is 1.56. The Hall–Kier alpha value is -1.65. The van der Waals surface area contributed by atoms with Gasteiger partial charge in [-0.2, -0.15) is 0 Å². The molecule has 1 fully saturated rings. The van der Waals surface area contributed by atoms with Crippen molar-refractivity contribution < 1.29 is 4.79 Å². The number of benzene rings is 1. The smallest absolute Gasteiger partial charge is 0.261 e. The maximum atomic E-state index is 12.1. The molecule has 1 aliphatic rings. The van der Waals surface area contributed by atoms with E-state index in [2.05, 4.69) is 40.5 Å². The van der Waals surface area contributed by atoms with E-state index in [4.69, 9.17) is 0 Å². The summed E-state index contributed by atoms with van der Waals surface area (Å²) in [5.41, 5.74) is 1.46. The number of likely N-dealkylation sites (tertiary alicyclic amines) is 1. The number of carbonyl (C=O) groups is 1. The second-order valence-corrected chi connectivity index (χ2v) is 8.26. The Morgan fingerprint density at radius 2 is 1.92 bits per heavy atom. The van der Waals surface area contributed by atoms with Crippen molar-refractivity contribution in [2.45, 2.75) is 32.6 Å². The van der Waals surface area contributed by atoms with Gasteiger partial charge in [0, 0.05) is 18.0 Å². The van der Waals surface area contributed by atoms with Crippen LogP contribution in [0.2, 0.25) is 0 Å². The summed E-state index contributed by atoms with van der Waals surface area (Å²) in [6.07, 6.45) is 5.06. The molecule has 0 saturated carbocycles. The zero-order chi connectivity index (χ0) is 17.5. The molecule has 2 heterocycles. The van der Waals surface area contributed by atoms with E-state index in [9.17, 15) is 4.79 Å². The number of aryl methyl sites for hydroxylation is 2. The third kappa shape index (κ3) is 5.68. The number of carbonyl (C=O) groups excluding carboxylic acids is 1. The molecule has 0 atom stereocenters. The summed E-state index contributed by atoms with van der Waals surface area (Å²) in [6, 6.07) is 14.7. The lowest BCUT2D eigenvalue weighted by molar-refractivity contribution is 0.0947. The normalized spacial score (nSPS) is 16.0. The first kappa shape index (κ1) is 18.2. The van der Waals surface area contributed by atoms with Gasteiger partial charge in [0.05, 0.1) is 4.88 Å². The van der Waals surface area contributed by atoms with Crippen LogP contribution in [0, 0.1) is 12.8 Å². The predicted octanol–water partition coefficient (Wildman–Crippen LogP) is 4.13. The fourth-order valence-corrected chi connectivity index (χ4v) is 4.27. The highest BCUT2D eigenvalue weighted by Crippen LogP contribution is 2.22. The van der Waals surface area contributed by atoms with E-state index in [0.29, 0.717) is 0 Å². The van der Waals surface area contributed by atoms with E-state index < -0.39 is 0 Å². The van der Waals surface area contributed by atoms with Gasteiger partial charge in [-0.05, 0) is 69.3 Å². The van der Waals surface area contributed by atoms with E-state index in [1.807, 2.05) is 19.1 Å². The van der Waals surface area contributed by atoms with Gasteiger partial charge in [0.15, 0.2) is 0 Å². The van der Waals surface area contributed by atoms with Crippen molar-refractivity contribution in [3.63, 3.8) is 0 Å². The number of hydrogen-bond acceptors (Lipinski definition) is 3. The summed E-state index contributed by atoms with van der Waals surface area (Å²) in [5, 5.41) is 3.05. The van der Waals surface area contributed by atoms with Gasteiger partial charge in [-0.3, -0.25) is 4.79 Å². The Morgan fingerprint density at radius 1 is 1.16 bits per heavy atom. The molecule has 4 heteroatoms. The first-order chi connectivity index (χ1) is 12.2. The van der Waals surface area contributed by atoms with E-state index >= 15 is 0 Å². The summed E-state index contributed by atoms with van der Waals surface area (Å²) in [6.45, 7) is 6.05. The summed E-state index contributed by atoms with van der Waals surface area (Å²) < 4.78 is 0. The van der Waals surface area contributed by atoms with Gasteiger partial charge in [0.1, 0.15) is 0 Å². The number of hydrogen-bond donors (Lipinski definition) is 1. The minimum absolute atomic E-state index is 0.0656. The first-order valence-electron chi connectivity index (χ1n) is 9.31. The minimum atomic E-state index is 0.0656. The Labute approximate surface area is 155 Å². The standard InChI is InChI=1S/C21H28N2OS/c1-17-7-10-20(25-17)21(24)22-13-16-23-14-11-19(12-15-23)9-8-18-5-3-2-4-6-18/h2-7,10,19H,8-9,11-16H2,1H3,(H,22,24). The average molecular weight is 357 g/mol. The van der Waals surface area contributed by atoms with Gasteiger partial charge in [-0.25, -0.2) is 0 Å². The third-order valence-corrected chi connectivity index (χ3v) is 6.07. The number of nitrogens with zero attached hydrogens (tertiary/aromatic N) is 1. The van der Waals surface area contributed by atoms with Crippen molar-refractivity contribution in [2.75, 3.05) is 26.2 Å². The van der Waals surface area contributed by atoms with E-state index in [1.54, 1.807) is 11.3 Å². The van der Waals surface area contributed by atoms with Crippen LogP contribution < -0.4 is 5.32 Å². The second kappa shape index (κ2) is 9.16. The van der Waals surface area contributed by atoms with E-state index in [-0.39, 0.29) is 5.91 Å². The maximum Gasteiger partial charge on any atom is 0.261 e. The highest BCUT2D eigenvalue weighted by atomic mass is 32.1. The molecule has 25 heavy (non-hydrogen) atoms. The van der Waals surface area contributed by atoms with Crippen molar-refractivity contribution >= 4 is 17.2 Å². The molecule has 1 amide bonds. The van der Waals surface area contributed by atoms with E-state index in [1.165, 1.54) is 36.1 Å². The van der Waals surface area contributed by atoms with Crippen LogP contribution in [0.25, 0.3) is 0 Å². The fourth-order valence-electron chi connectivity index (χ4n) is 3.49. The van der Waals surface area contributed by atoms with Gasteiger partial charge >= 0.3 is 0 Å². The Kier molecular flexibility index (Phi) is 6.65. The second-order valence-electron chi connectivity index (χ2n) is 6.98. The molecule has 1 aromatic carbocycles. The Bertz CT molecular complexity index is 660. The van der Waals surface area contributed by atoms with Crippen LogP contribution in [0.4, 0.5) is 0 Å². The van der Waals surface area contributed by atoms with Crippen LogP contribution in [-0.4, -0.2) is 37.0 Å². The van der Waals surface area contributed by atoms with Crippen LogP contribution in [0.3, 0.4) is 0 Å². The largest absolute Gasteiger partial charge is 0.350 e. The molecule has 0 radical (unpaired) electrons. The van der Waals surface area contributed by atoms with Crippen molar-refractivity contribution in [3.05, 3.63) is 57.8 Å². The van der Waals surface area contributed by atoms with Gasteiger partial charge in [-0.1, -0.05) is 30.3 Å². The molecule has 134 valence electrons. The Morgan fingerprint density at radius 3 is 2.60 bits per heavy atom. The number of piperidine rings is 1. The molecule has 1 saturated heterocycles. The average Bonchev–Trinajstić information content (AvgIpc) is 3.08. The quantitative estimate of drug-likeness (QED) is 0.809. The third-order valence-electron chi connectivity index (χ3n) is 5.07. The van der Waals surface area contributed by atoms with Gasteiger partial charge in [0.2, 0.25) is 0 Å². The molecule has 3 rings (SSSR count). The van der Waals surface area contributed by atoms with Gasteiger partial charge < -0.3 is 10.2 Å². The number of amides is 1. The molecular weight excluding hydrogens is 328 g/mol. The highest BCUT2D eigenvalue weighted by Gasteiger charge is 2.19. The molecule has 2 aromatic rings. The monoisotopic (exact) mass is 356 g/mol. The predicted molar refractivity (Wildman–Crippen MR) is 105 cm³/mol. The van der Waals surface area contributed by atoms with Crippen molar-refractivity contribution in [3.8, 4) is 0 Å². The maximum absolute atomic E-state index is 12.1. The molecule has 3 nitrogen and oxygen atoms in total. The number of rotatable bonds is 7. The molecule has 0 bridgehead atoms. The lowest BCUT2D eigenvalue weighted by Gasteiger charge is -2.32. The summed E-state index contributed by atoms with van der Waals surface area (Å²) in [4.78, 5) is 16.5. The van der Waals surface area contributed by atoms with Crippen LogP contribution >= 0.6 is 11.3 Å². The first-order valence-corrected chi connectivity index (χ1v) is 10.1. The van der Waals surface area contributed by atoms with Crippen LogP contribution in [0.5, 0.6) is 0 Å². The molecule has 0 unspecified atom stereocenters. The highest BCUT2D eigenvalue weighted by molar-refractivity contribution is 7.13. The minimum Gasteiger partial charge on any atom is -0.350 e. The van der Waals surface area contributed by atoms with Crippen LogP contribution in [0.1, 0.15) is 39.4 Å². The molecule has 0 aliphatic carbocycles. The zero-order valence-corrected chi connectivity index (χ0v) is 15.9. The molecule has 1 aromatic heterocycles. The molecule has 1 aliphatic heterocycles. The van der Waals surface area contributed by atoms with Crippen molar-refractivity contribution in [2.24, 2.45) is 5.92 Å². The van der Waals surface area contributed by atoms with Crippen molar-refractivity contribution in [1.82, 2.24) is 10.2 Å². The van der Waals surface area contributed by atoms with Gasteiger partial charge in [0.25, 0.3) is 5.91 Å². The van der Waals surface area contributed by atoms with Crippen LogP contribution in [-0.2, 0) is 6.42 Å². The fraction of sp³-hybridized carbons (Fsp3) is 0.476. The topological polar surface area (TPSA) is 32.3 Å². The van der Waals surface area contributed by atoms with Gasteiger partial charge in [-0.15, -0.1) is 11.3 Å². The lowest BCUT2D eigenvalue weighted by atomic mass is 9.90. The molecule has 1 N–H and O–H groups in total. The Balaban J connectivity index is 1.30. The summed E-state index contributed by atoms with van der Waals surface area (Å²) in [5.74, 6) is 0.913. The van der Waals surface area contributed by atoms with Crippen molar-refractivity contribution in [1.29, 1.82) is 0 Å². The SMILES string of the molecule is Cc1ccc(C(=O)NCCN2CCC(CCc3ccccc3)CC2)s1.